The SMILES string of the molecule is CCCCCCCCC(CCCCCC)C(=O)OCC(CCCCCC(CC)CC)OC(=O)CCCN(C)C. The molecular weight excluding hydrogens is 486 g/mol. The molecule has 0 rings (SSSR count). The first-order valence-corrected chi connectivity index (χ1v) is 16.9. The summed E-state index contributed by atoms with van der Waals surface area (Å²) in [5.41, 5.74) is 0. The van der Waals surface area contributed by atoms with Crippen LogP contribution < -0.4 is 0 Å². The van der Waals surface area contributed by atoms with E-state index in [9.17, 15) is 9.59 Å². The van der Waals surface area contributed by atoms with Gasteiger partial charge in [0.15, 0.2) is 0 Å². The number of nitrogens with zero attached hydrogens (tertiary/aromatic N) is 1. The second kappa shape index (κ2) is 27.1. The number of unbranched alkanes of at least 4 members (excludes halogenated alkanes) is 10. The fourth-order valence-electron chi connectivity index (χ4n) is 5.30. The van der Waals surface area contributed by atoms with E-state index in [1.807, 2.05) is 14.1 Å². The van der Waals surface area contributed by atoms with Gasteiger partial charge in [-0.15, -0.1) is 0 Å². The Morgan fingerprint density at radius 1 is 0.641 bits per heavy atom. The normalized spacial score (nSPS) is 13.1. The molecule has 2 unspecified atom stereocenters. The van der Waals surface area contributed by atoms with E-state index in [2.05, 4.69) is 32.6 Å². The number of esters is 2. The maximum atomic E-state index is 13.2. The van der Waals surface area contributed by atoms with Gasteiger partial charge in [-0.2, -0.15) is 0 Å². The predicted molar refractivity (Wildman–Crippen MR) is 166 cm³/mol. The highest BCUT2D eigenvalue weighted by Gasteiger charge is 2.23. The molecule has 0 aromatic carbocycles. The highest BCUT2D eigenvalue weighted by molar-refractivity contribution is 5.72. The molecular formula is C34H67NO4. The Kier molecular flexibility index (Phi) is 26.3. The fourth-order valence-corrected chi connectivity index (χ4v) is 5.30. The quantitative estimate of drug-likeness (QED) is 0.0713. The van der Waals surface area contributed by atoms with E-state index in [-0.39, 0.29) is 30.6 Å². The lowest BCUT2D eigenvalue weighted by atomic mass is 9.94. The smallest absolute Gasteiger partial charge is 0.309 e. The number of rotatable bonds is 28. The second-order valence-electron chi connectivity index (χ2n) is 12.1. The van der Waals surface area contributed by atoms with E-state index in [0.717, 1.165) is 63.8 Å². The molecule has 0 aliphatic carbocycles. The van der Waals surface area contributed by atoms with Crippen molar-refractivity contribution in [2.75, 3.05) is 27.2 Å². The van der Waals surface area contributed by atoms with E-state index >= 15 is 0 Å². The van der Waals surface area contributed by atoms with Gasteiger partial charge in [-0.1, -0.05) is 124 Å². The third kappa shape index (κ3) is 23.3. The van der Waals surface area contributed by atoms with Crippen LogP contribution in [-0.2, 0) is 19.1 Å². The molecule has 5 nitrogen and oxygen atoms in total. The fraction of sp³-hybridized carbons (Fsp3) is 0.941. The van der Waals surface area contributed by atoms with Gasteiger partial charge in [0.05, 0.1) is 5.92 Å². The summed E-state index contributed by atoms with van der Waals surface area (Å²) in [4.78, 5) is 27.8. The van der Waals surface area contributed by atoms with Gasteiger partial charge in [0, 0.05) is 6.42 Å². The predicted octanol–water partition coefficient (Wildman–Crippen LogP) is 9.51. The van der Waals surface area contributed by atoms with Gasteiger partial charge in [0.2, 0.25) is 0 Å². The Labute approximate surface area is 243 Å². The molecule has 0 aliphatic heterocycles. The largest absolute Gasteiger partial charge is 0.462 e. The van der Waals surface area contributed by atoms with Crippen LogP contribution in [0, 0.1) is 11.8 Å². The minimum atomic E-state index is -0.330. The Balaban J connectivity index is 4.86. The van der Waals surface area contributed by atoms with Crippen molar-refractivity contribution >= 4 is 11.9 Å². The average Bonchev–Trinajstić information content (AvgIpc) is 2.91. The third-order valence-corrected chi connectivity index (χ3v) is 8.13. The molecule has 0 aliphatic rings. The number of carbonyl (C=O) groups is 2. The van der Waals surface area contributed by atoms with Crippen molar-refractivity contribution in [2.24, 2.45) is 11.8 Å². The molecule has 0 saturated heterocycles. The summed E-state index contributed by atoms with van der Waals surface area (Å²) >= 11 is 0. The maximum absolute atomic E-state index is 13.2. The van der Waals surface area contributed by atoms with Gasteiger partial charge in [-0.05, 0) is 58.7 Å². The zero-order valence-corrected chi connectivity index (χ0v) is 27.1. The highest BCUT2D eigenvalue weighted by Crippen LogP contribution is 2.22. The van der Waals surface area contributed by atoms with E-state index in [4.69, 9.17) is 9.47 Å². The standard InChI is InChI=1S/C34H67NO4/c1-7-11-13-15-16-20-25-31(24-19-14-12-8-2)34(37)38-29-32(39-33(36)27-22-28-35(5)6)26-21-17-18-23-30(9-3)10-4/h30-32H,7-29H2,1-6H3. The number of hydrogen-bond acceptors (Lipinski definition) is 5. The van der Waals surface area contributed by atoms with Gasteiger partial charge >= 0.3 is 11.9 Å². The molecule has 0 saturated carbocycles. The summed E-state index contributed by atoms with van der Waals surface area (Å²) in [6, 6.07) is 0. The molecule has 232 valence electrons. The molecule has 0 N–H and O–H groups in total. The summed E-state index contributed by atoms with van der Waals surface area (Å²) < 4.78 is 11.7. The molecule has 39 heavy (non-hydrogen) atoms. The van der Waals surface area contributed by atoms with Crippen molar-refractivity contribution in [3.8, 4) is 0 Å². The summed E-state index contributed by atoms with van der Waals surface area (Å²) in [5, 5.41) is 0. The first kappa shape index (κ1) is 37.9. The Bertz CT molecular complexity index is 561. The van der Waals surface area contributed by atoms with Crippen LogP contribution in [0.3, 0.4) is 0 Å². The molecule has 0 bridgehead atoms. The zero-order valence-electron chi connectivity index (χ0n) is 27.1. The molecule has 0 amide bonds. The van der Waals surface area contributed by atoms with E-state index in [1.165, 1.54) is 77.0 Å². The number of ether oxygens (including phenoxy) is 2. The Morgan fingerprint density at radius 3 is 1.74 bits per heavy atom. The van der Waals surface area contributed by atoms with Crippen LogP contribution in [0.25, 0.3) is 0 Å². The zero-order chi connectivity index (χ0) is 29.1. The minimum Gasteiger partial charge on any atom is -0.462 e. The lowest BCUT2D eigenvalue weighted by Crippen LogP contribution is -2.28. The summed E-state index contributed by atoms with van der Waals surface area (Å²) in [7, 11) is 4.03. The minimum absolute atomic E-state index is 0.0236. The van der Waals surface area contributed by atoms with Crippen LogP contribution in [-0.4, -0.2) is 50.2 Å². The van der Waals surface area contributed by atoms with Crippen molar-refractivity contribution in [3.63, 3.8) is 0 Å². The van der Waals surface area contributed by atoms with Crippen LogP contribution in [0.15, 0.2) is 0 Å². The molecule has 0 aromatic rings. The first-order valence-electron chi connectivity index (χ1n) is 16.9. The van der Waals surface area contributed by atoms with Crippen LogP contribution >= 0.6 is 0 Å². The van der Waals surface area contributed by atoms with Gasteiger partial charge in [-0.3, -0.25) is 9.59 Å². The third-order valence-electron chi connectivity index (χ3n) is 8.13. The molecule has 0 radical (unpaired) electrons. The lowest BCUT2D eigenvalue weighted by molar-refractivity contribution is -0.162. The number of hydrogen-bond donors (Lipinski definition) is 0. The Morgan fingerprint density at radius 2 is 1.15 bits per heavy atom. The van der Waals surface area contributed by atoms with Gasteiger partial charge in [0.25, 0.3) is 0 Å². The molecule has 2 atom stereocenters. The average molecular weight is 554 g/mol. The monoisotopic (exact) mass is 554 g/mol. The Hall–Kier alpha value is -1.10. The molecule has 0 aromatic heterocycles. The van der Waals surface area contributed by atoms with Crippen molar-refractivity contribution in [3.05, 3.63) is 0 Å². The summed E-state index contributed by atoms with van der Waals surface area (Å²) in [6.07, 6.45) is 22.7. The van der Waals surface area contributed by atoms with Gasteiger partial charge in [-0.25, -0.2) is 0 Å². The lowest BCUT2D eigenvalue weighted by Gasteiger charge is -2.21. The van der Waals surface area contributed by atoms with Gasteiger partial charge in [0.1, 0.15) is 12.7 Å². The van der Waals surface area contributed by atoms with E-state index in [1.54, 1.807) is 0 Å². The van der Waals surface area contributed by atoms with Crippen LogP contribution in [0.1, 0.15) is 163 Å². The topological polar surface area (TPSA) is 55.8 Å². The van der Waals surface area contributed by atoms with Crippen molar-refractivity contribution in [1.82, 2.24) is 4.90 Å². The highest BCUT2D eigenvalue weighted by atomic mass is 16.6. The second-order valence-corrected chi connectivity index (χ2v) is 12.1. The summed E-state index contributed by atoms with van der Waals surface area (Å²) in [5.74, 6) is 0.544. The first-order chi connectivity index (χ1) is 18.9. The van der Waals surface area contributed by atoms with Crippen LogP contribution in [0.5, 0.6) is 0 Å². The molecule has 0 spiro atoms. The van der Waals surface area contributed by atoms with Crippen molar-refractivity contribution in [1.29, 1.82) is 0 Å². The van der Waals surface area contributed by atoms with Crippen LogP contribution in [0.4, 0.5) is 0 Å². The van der Waals surface area contributed by atoms with E-state index < -0.39 is 0 Å². The van der Waals surface area contributed by atoms with Gasteiger partial charge < -0.3 is 14.4 Å². The molecule has 5 heteroatoms. The summed E-state index contributed by atoms with van der Waals surface area (Å²) in [6.45, 7) is 10.1. The molecule has 0 heterocycles. The van der Waals surface area contributed by atoms with Crippen molar-refractivity contribution < 1.29 is 19.1 Å². The maximum Gasteiger partial charge on any atom is 0.309 e. The number of carbonyl (C=O) groups excluding carboxylic acids is 2. The van der Waals surface area contributed by atoms with Crippen LogP contribution in [0.2, 0.25) is 0 Å². The molecule has 0 fully saturated rings. The van der Waals surface area contributed by atoms with Crippen molar-refractivity contribution in [2.45, 2.75) is 169 Å². The van der Waals surface area contributed by atoms with E-state index in [0.29, 0.717) is 6.42 Å².